The predicted octanol–water partition coefficient (Wildman–Crippen LogP) is 3.82. The van der Waals surface area contributed by atoms with Gasteiger partial charge in [0.05, 0.1) is 14.2 Å². The van der Waals surface area contributed by atoms with Crippen LogP contribution in [0, 0.1) is 11.6 Å². The van der Waals surface area contributed by atoms with E-state index in [0.717, 1.165) is 25.0 Å². The number of carbonyl (C=O) groups is 2. The normalized spacial score (nSPS) is 15.5. The van der Waals surface area contributed by atoms with E-state index in [2.05, 4.69) is 10.6 Å². The third-order valence-corrected chi connectivity index (χ3v) is 5.47. The van der Waals surface area contributed by atoms with E-state index in [9.17, 15) is 18.4 Å². The summed E-state index contributed by atoms with van der Waals surface area (Å²) in [6.45, 7) is 1.48. The van der Waals surface area contributed by atoms with Crippen LogP contribution in [0.1, 0.15) is 32.6 Å². The Kier molecular flexibility index (Phi) is 7.17. The molecule has 3 rings (SSSR count). The van der Waals surface area contributed by atoms with Crippen molar-refractivity contribution in [2.75, 3.05) is 19.5 Å². The number of anilines is 1. The highest BCUT2D eigenvalue weighted by molar-refractivity contribution is 6.01. The summed E-state index contributed by atoms with van der Waals surface area (Å²) in [5.41, 5.74) is -0.602. The zero-order valence-corrected chi connectivity index (χ0v) is 18.2. The van der Waals surface area contributed by atoms with Crippen molar-refractivity contribution in [3.05, 3.63) is 48.0 Å². The molecule has 0 aliphatic heterocycles. The molecule has 0 radical (unpaired) electrons. The van der Waals surface area contributed by atoms with Crippen LogP contribution in [0.25, 0.3) is 0 Å². The molecule has 9 heteroatoms. The standard InChI is InChI=1S/C23H26F2N2O5/c1-14(32-16-7-8-17(24)18(25)13-16)21(28)27-23(10-4-5-11-23)22(29)26-15-6-9-19(30-2)20(12-15)31-3/h6-9,12-14H,4-5,10-11H2,1-3H3,(H,26,29)(H,27,28)/t14-/m0/s1. The van der Waals surface area contributed by atoms with E-state index in [1.165, 1.54) is 27.2 Å². The van der Waals surface area contributed by atoms with Crippen LogP contribution in [0.2, 0.25) is 0 Å². The van der Waals surface area contributed by atoms with E-state index in [1.54, 1.807) is 18.2 Å². The zero-order valence-electron chi connectivity index (χ0n) is 18.2. The van der Waals surface area contributed by atoms with E-state index in [1.807, 2.05) is 0 Å². The van der Waals surface area contributed by atoms with Crippen LogP contribution in [0.4, 0.5) is 14.5 Å². The van der Waals surface area contributed by atoms with Crippen LogP contribution in [0.3, 0.4) is 0 Å². The van der Waals surface area contributed by atoms with E-state index in [-0.39, 0.29) is 11.7 Å². The summed E-state index contributed by atoms with van der Waals surface area (Å²) in [5, 5.41) is 5.65. The van der Waals surface area contributed by atoms with E-state index < -0.39 is 29.2 Å². The van der Waals surface area contributed by atoms with Gasteiger partial charge in [-0.15, -0.1) is 0 Å². The van der Waals surface area contributed by atoms with Gasteiger partial charge in [0.25, 0.3) is 5.91 Å². The number of ether oxygens (including phenoxy) is 3. The number of carbonyl (C=O) groups excluding carboxylic acids is 2. The smallest absolute Gasteiger partial charge is 0.261 e. The maximum Gasteiger partial charge on any atom is 0.261 e. The van der Waals surface area contributed by atoms with Crippen molar-refractivity contribution in [3.63, 3.8) is 0 Å². The molecular formula is C23H26F2N2O5. The molecule has 1 aliphatic carbocycles. The topological polar surface area (TPSA) is 85.9 Å². The number of hydrogen-bond acceptors (Lipinski definition) is 5. The Hall–Kier alpha value is -3.36. The lowest BCUT2D eigenvalue weighted by molar-refractivity contribution is -0.134. The first-order valence-electron chi connectivity index (χ1n) is 10.2. The quantitative estimate of drug-likeness (QED) is 0.641. The van der Waals surface area contributed by atoms with Crippen LogP contribution in [-0.2, 0) is 9.59 Å². The van der Waals surface area contributed by atoms with Crippen LogP contribution < -0.4 is 24.8 Å². The first-order valence-corrected chi connectivity index (χ1v) is 10.2. The molecule has 0 unspecified atom stereocenters. The molecule has 2 amide bonds. The monoisotopic (exact) mass is 448 g/mol. The summed E-state index contributed by atoms with van der Waals surface area (Å²) in [4.78, 5) is 25.9. The van der Waals surface area contributed by atoms with Gasteiger partial charge >= 0.3 is 0 Å². The first-order chi connectivity index (χ1) is 15.3. The minimum atomic E-state index is -1.10. The summed E-state index contributed by atoms with van der Waals surface area (Å²) in [5.74, 6) is -1.96. The van der Waals surface area contributed by atoms with E-state index >= 15 is 0 Å². The van der Waals surface area contributed by atoms with Gasteiger partial charge in [0.2, 0.25) is 5.91 Å². The molecule has 172 valence electrons. The lowest BCUT2D eigenvalue weighted by atomic mass is 9.95. The molecule has 2 aromatic rings. The molecule has 2 aromatic carbocycles. The van der Waals surface area contributed by atoms with Gasteiger partial charge in [0.15, 0.2) is 29.2 Å². The van der Waals surface area contributed by atoms with Crippen molar-refractivity contribution >= 4 is 17.5 Å². The molecule has 1 fully saturated rings. The van der Waals surface area contributed by atoms with Gasteiger partial charge in [-0.2, -0.15) is 0 Å². The Morgan fingerprint density at radius 3 is 2.28 bits per heavy atom. The van der Waals surface area contributed by atoms with Crippen molar-refractivity contribution in [3.8, 4) is 17.2 Å². The molecule has 7 nitrogen and oxygen atoms in total. The van der Waals surface area contributed by atoms with Gasteiger partial charge in [-0.05, 0) is 44.0 Å². The molecule has 1 saturated carbocycles. The third-order valence-electron chi connectivity index (χ3n) is 5.47. The molecule has 0 heterocycles. The summed E-state index contributed by atoms with van der Waals surface area (Å²) in [6.07, 6.45) is 1.47. The number of benzene rings is 2. The molecule has 0 aromatic heterocycles. The Bertz CT molecular complexity index is 992. The second kappa shape index (κ2) is 9.84. The van der Waals surface area contributed by atoms with Crippen molar-refractivity contribution in [2.45, 2.75) is 44.2 Å². The summed E-state index contributed by atoms with van der Waals surface area (Å²) in [7, 11) is 3.01. The van der Waals surface area contributed by atoms with Gasteiger partial charge in [-0.25, -0.2) is 8.78 Å². The second-order valence-corrected chi connectivity index (χ2v) is 7.64. The number of hydrogen-bond donors (Lipinski definition) is 2. The fraction of sp³-hybridized carbons (Fsp3) is 0.391. The lowest BCUT2D eigenvalue weighted by Crippen LogP contribution is -2.57. The SMILES string of the molecule is COc1ccc(NC(=O)C2(NC(=O)[C@H](C)Oc3ccc(F)c(F)c3)CCCC2)cc1OC. The molecule has 1 atom stereocenters. The number of halogens is 2. The zero-order chi connectivity index (χ0) is 23.3. The van der Waals surface area contributed by atoms with Gasteiger partial charge < -0.3 is 24.8 Å². The Morgan fingerprint density at radius 2 is 1.66 bits per heavy atom. The van der Waals surface area contributed by atoms with E-state index in [4.69, 9.17) is 14.2 Å². The van der Waals surface area contributed by atoms with Crippen LogP contribution in [0.5, 0.6) is 17.2 Å². The largest absolute Gasteiger partial charge is 0.493 e. The van der Waals surface area contributed by atoms with Gasteiger partial charge in [0.1, 0.15) is 11.3 Å². The fourth-order valence-electron chi connectivity index (χ4n) is 3.70. The van der Waals surface area contributed by atoms with Gasteiger partial charge in [0, 0.05) is 17.8 Å². The van der Waals surface area contributed by atoms with Crippen molar-refractivity contribution in [2.24, 2.45) is 0 Å². The molecule has 2 N–H and O–H groups in total. The van der Waals surface area contributed by atoms with Crippen LogP contribution in [-0.4, -0.2) is 37.7 Å². The van der Waals surface area contributed by atoms with Gasteiger partial charge in [-0.1, -0.05) is 12.8 Å². The van der Waals surface area contributed by atoms with Crippen LogP contribution >= 0.6 is 0 Å². The second-order valence-electron chi connectivity index (χ2n) is 7.64. The average Bonchev–Trinajstić information content (AvgIpc) is 3.25. The summed E-state index contributed by atoms with van der Waals surface area (Å²) in [6, 6.07) is 8.01. The molecule has 0 bridgehead atoms. The number of amides is 2. The van der Waals surface area contributed by atoms with Gasteiger partial charge in [-0.3, -0.25) is 9.59 Å². The summed E-state index contributed by atoms with van der Waals surface area (Å²) < 4.78 is 42.4. The highest BCUT2D eigenvalue weighted by Gasteiger charge is 2.43. The summed E-state index contributed by atoms with van der Waals surface area (Å²) >= 11 is 0. The Morgan fingerprint density at radius 1 is 0.969 bits per heavy atom. The highest BCUT2D eigenvalue weighted by atomic mass is 19.2. The minimum absolute atomic E-state index is 0.0156. The van der Waals surface area contributed by atoms with Crippen molar-refractivity contribution in [1.82, 2.24) is 5.32 Å². The lowest BCUT2D eigenvalue weighted by Gasteiger charge is -2.30. The average molecular weight is 448 g/mol. The first kappa shape index (κ1) is 23.3. The molecule has 0 spiro atoms. The third kappa shape index (κ3) is 5.09. The molecule has 0 saturated heterocycles. The highest BCUT2D eigenvalue weighted by Crippen LogP contribution is 2.33. The fourth-order valence-corrected chi connectivity index (χ4v) is 3.70. The Labute approximate surface area is 185 Å². The molecule has 32 heavy (non-hydrogen) atoms. The maximum atomic E-state index is 13.4. The van der Waals surface area contributed by atoms with Crippen LogP contribution in [0.15, 0.2) is 36.4 Å². The minimum Gasteiger partial charge on any atom is -0.493 e. The Balaban J connectivity index is 1.71. The number of methoxy groups -OCH3 is 2. The molecular weight excluding hydrogens is 422 g/mol. The van der Waals surface area contributed by atoms with Crippen molar-refractivity contribution < 1.29 is 32.6 Å². The number of rotatable bonds is 8. The predicted molar refractivity (Wildman–Crippen MR) is 114 cm³/mol. The maximum absolute atomic E-state index is 13.4. The molecule has 1 aliphatic rings. The van der Waals surface area contributed by atoms with Crippen molar-refractivity contribution in [1.29, 1.82) is 0 Å². The number of nitrogens with one attached hydrogen (secondary N) is 2. The van der Waals surface area contributed by atoms with E-state index in [0.29, 0.717) is 30.0 Å².